The molecule has 1 aliphatic heterocycles. The fraction of sp³-hybridized carbons (Fsp3) is 0. The first-order valence-electron chi connectivity index (χ1n) is 7.91. The zero-order chi connectivity index (χ0) is 19.0. The lowest BCUT2D eigenvalue weighted by molar-refractivity contribution is -0.385. The van der Waals surface area contributed by atoms with Crippen LogP contribution in [0.2, 0.25) is 0 Å². The number of hydrogen-bond donors (Lipinski definition) is 0. The van der Waals surface area contributed by atoms with E-state index in [4.69, 9.17) is 9.47 Å². The predicted molar refractivity (Wildman–Crippen MR) is 110 cm³/mol. The molecule has 27 heavy (non-hydrogen) atoms. The average Bonchev–Trinajstić information content (AvgIpc) is 2.83. The van der Waals surface area contributed by atoms with Crippen LogP contribution < -0.4 is 9.47 Å². The normalized spacial score (nSPS) is 11.8. The summed E-state index contributed by atoms with van der Waals surface area (Å²) in [5, 5.41) is 11.4. The first-order valence-corrected chi connectivity index (χ1v) is 9.50. The number of non-ortho nitro benzene ring substituents is 1. The summed E-state index contributed by atoms with van der Waals surface area (Å²) in [6, 6.07) is 15.7. The van der Waals surface area contributed by atoms with Crippen LogP contribution in [0.25, 0.3) is 12.2 Å². The molecule has 0 aliphatic carbocycles. The minimum atomic E-state index is -0.465. The first kappa shape index (κ1) is 17.8. The summed E-state index contributed by atoms with van der Waals surface area (Å²) >= 11 is 6.84. The van der Waals surface area contributed by atoms with Gasteiger partial charge in [-0.1, -0.05) is 40.2 Å². The molecule has 0 aromatic heterocycles. The van der Waals surface area contributed by atoms with Gasteiger partial charge in [-0.25, -0.2) is 0 Å². The number of para-hydroxylation sites is 1. The zero-order valence-corrected chi connectivity index (χ0v) is 16.9. The fourth-order valence-corrected chi connectivity index (χ4v) is 3.83. The van der Waals surface area contributed by atoms with Crippen LogP contribution in [0.15, 0.2) is 63.5 Å². The van der Waals surface area contributed by atoms with Gasteiger partial charge in [-0.2, -0.15) is 0 Å². The lowest BCUT2D eigenvalue weighted by Gasteiger charge is -2.14. The Morgan fingerprint density at radius 3 is 2.52 bits per heavy atom. The molecule has 0 saturated carbocycles. The Kier molecular flexibility index (Phi) is 4.72. The SMILES string of the molecule is O=[N+]([O-])c1cc(Oc2ccc(Br)cc2Br)c2c(c1)Oc1ccccc1C=C2. The lowest BCUT2D eigenvalue weighted by Crippen LogP contribution is -1.96. The van der Waals surface area contributed by atoms with Gasteiger partial charge in [-0.05, 0) is 46.3 Å². The van der Waals surface area contributed by atoms with Gasteiger partial charge in [0.05, 0.1) is 27.1 Å². The van der Waals surface area contributed by atoms with Gasteiger partial charge in [0.25, 0.3) is 5.69 Å². The molecule has 5 nitrogen and oxygen atoms in total. The van der Waals surface area contributed by atoms with Crippen LogP contribution in [0.1, 0.15) is 11.1 Å². The molecule has 0 fully saturated rings. The second-order valence-corrected chi connectivity index (χ2v) is 7.53. The van der Waals surface area contributed by atoms with Crippen molar-refractivity contribution in [1.29, 1.82) is 0 Å². The topological polar surface area (TPSA) is 61.6 Å². The van der Waals surface area contributed by atoms with Gasteiger partial charge in [-0.15, -0.1) is 0 Å². The molecule has 7 heteroatoms. The maximum atomic E-state index is 11.4. The maximum absolute atomic E-state index is 11.4. The standard InChI is InChI=1S/C20H11Br2NO4/c21-13-6-8-18(16(22)9-13)27-20-11-14(23(24)25)10-19-15(20)7-5-12-3-1-2-4-17(12)26-19/h1-11H. The summed E-state index contributed by atoms with van der Waals surface area (Å²) in [7, 11) is 0. The Morgan fingerprint density at radius 2 is 1.74 bits per heavy atom. The van der Waals surface area contributed by atoms with Crippen LogP contribution in [-0.2, 0) is 0 Å². The highest BCUT2D eigenvalue weighted by Crippen LogP contribution is 2.43. The minimum absolute atomic E-state index is 0.107. The third-order valence-electron chi connectivity index (χ3n) is 3.98. The van der Waals surface area contributed by atoms with E-state index in [0.717, 1.165) is 14.5 Å². The fourth-order valence-electron chi connectivity index (χ4n) is 2.70. The summed E-state index contributed by atoms with van der Waals surface area (Å²) in [4.78, 5) is 10.9. The van der Waals surface area contributed by atoms with Gasteiger partial charge in [-0.3, -0.25) is 10.1 Å². The van der Waals surface area contributed by atoms with Crippen molar-refractivity contribution in [1.82, 2.24) is 0 Å². The summed E-state index contributed by atoms with van der Waals surface area (Å²) in [5.74, 6) is 1.87. The molecule has 0 amide bonds. The van der Waals surface area contributed by atoms with Crippen molar-refractivity contribution in [2.45, 2.75) is 0 Å². The van der Waals surface area contributed by atoms with Crippen molar-refractivity contribution >= 4 is 49.7 Å². The van der Waals surface area contributed by atoms with E-state index in [-0.39, 0.29) is 5.69 Å². The van der Waals surface area contributed by atoms with Crippen LogP contribution in [0.5, 0.6) is 23.0 Å². The van der Waals surface area contributed by atoms with E-state index in [9.17, 15) is 10.1 Å². The van der Waals surface area contributed by atoms with Crippen LogP contribution in [0, 0.1) is 10.1 Å². The summed E-state index contributed by atoms with van der Waals surface area (Å²) in [5.41, 5.74) is 1.41. The number of fused-ring (bicyclic) bond motifs is 2. The third kappa shape index (κ3) is 3.61. The average molecular weight is 489 g/mol. The summed E-state index contributed by atoms with van der Waals surface area (Å²) in [6.07, 6.45) is 3.74. The van der Waals surface area contributed by atoms with E-state index in [1.165, 1.54) is 12.1 Å². The molecule has 0 saturated heterocycles. The molecule has 1 aliphatic rings. The van der Waals surface area contributed by atoms with Gasteiger partial charge in [0, 0.05) is 10.0 Å². The van der Waals surface area contributed by atoms with Crippen molar-refractivity contribution in [3.05, 3.63) is 84.8 Å². The summed E-state index contributed by atoms with van der Waals surface area (Å²) in [6.45, 7) is 0. The highest BCUT2D eigenvalue weighted by atomic mass is 79.9. The molecule has 3 aromatic rings. The van der Waals surface area contributed by atoms with Crippen LogP contribution in [-0.4, -0.2) is 4.92 Å². The number of ether oxygens (including phenoxy) is 2. The maximum Gasteiger partial charge on any atom is 0.276 e. The van der Waals surface area contributed by atoms with Crippen LogP contribution in [0.3, 0.4) is 0 Å². The number of hydrogen-bond acceptors (Lipinski definition) is 4. The smallest absolute Gasteiger partial charge is 0.276 e. The van der Waals surface area contributed by atoms with E-state index < -0.39 is 4.92 Å². The molecular weight excluding hydrogens is 478 g/mol. The van der Waals surface area contributed by atoms with Crippen molar-refractivity contribution in [2.24, 2.45) is 0 Å². The third-order valence-corrected chi connectivity index (χ3v) is 5.09. The van der Waals surface area contributed by atoms with Crippen molar-refractivity contribution < 1.29 is 14.4 Å². The highest BCUT2D eigenvalue weighted by molar-refractivity contribution is 9.11. The van der Waals surface area contributed by atoms with E-state index in [0.29, 0.717) is 28.6 Å². The molecular formula is C20H11Br2NO4. The first-order chi connectivity index (χ1) is 13.0. The molecule has 0 radical (unpaired) electrons. The predicted octanol–water partition coefficient (Wildman–Crippen LogP) is 7.19. The highest BCUT2D eigenvalue weighted by Gasteiger charge is 2.21. The minimum Gasteiger partial charge on any atom is -0.456 e. The van der Waals surface area contributed by atoms with E-state index in [2.05, 4.69) is 31.9 Å². The Balaban J connectivity index is 1.85. The monoisotopic (exact) mass is 487 g/mol. The molecule has 0 N–H and O–H groups in total. The van der Waals surface area contributed by atoms with Gasteiger partial charge < -0.3 is 9.47 Å². The molecule has 0 unspecified atom stereocenters. The Bertz CT molecular complexity index is 1100. The van der Waals surface area contributed by atoms with Gasteiger partial charge in [0.1, 0.15) is 23.0 Å². The molecule has 0 atom stereocenters. The van der Waals surface area contributed by atoms with E-state index >= 15 is 0 Å². The number of halogens is 2. The zero-order valence-electron chi connectivity index (χ0n) is 13.7. The summed E-state index contributed by atoms with van der Waals surface area (Å²) < 4.78 is 13.6. The van der Waals surface area contributed by atoms with Crippen LogP contribution >= 0.6 is 31.9 Å². The van der Waals surface area contributed by atoms with Gasteiger partial charge in [0.15, 0.2) is 0 Å². The molecule has 4 rings (SSSR count). The van der Waals surface area contributed by atoms with Crippen molar-refractivity contribution in [3.63, 3.8) is 0 Å². The Hall–Kier alpha value is -2.64. The van der Waals surface area contributed by atoms with Crippen LogP contribution in [0.4, 0.5) is 5.69 Å². The molecule has 0 spiro atoms. The lowest BCUT2D eigenvalue weighted by atomic mass is 10.1. The molecule has 1 heterocycles. The second kappa shape index (κ2) is 7.17. The number of nitro benzene ring substituents is 1. The largest absolute Gasteiger partial charge is 0.456 e. The van der Waals surface area contributed by atoms with E-state index in [1.54, 1.807) is 6.07 Å². The number of nitrogens with zero attached hydrogens (tertiary/aromatic N) is 1. The Labute approximate surface area is 171 Å². The second-order valence-electron chi connectivity index (χ2n) is 5.76. The number of nitro groups is 1. The van der Waals surface area contributed by atoms with Crippen molar-refractivity contribution in [2.75, 3.05) is 0 Å². The molecule has 134 valence electrons. The quantitative estimate of drug-likeness (QED) is 0.226. The Morgan fingerprint density at radius 1 is 0.926 bits per heavy atom. The van der Waals surface area contributed by atoms with E-state index in [1.807, 2.05) is 48.6 Å². The van der Waals surface area contributed by atoms with Gasteiger partial charge in [0.2, 0.25) is 0 Å². The number of benzene rings is 3. The number of rotatable bonds is 3. The van der Waals surface area contributed by atoms with Crippen molar-refractivity contribution in [3.8, 4) is 23.0 Å². The molecule has 3 aromatic carbocycles. The molecule has 0 bridgehead atoms. The van der Waals surface area contributed by atoms with Gasteiger partial charge >= 0.3 is 0 Å².